The molecular weight excluding hydrogens is 402 g/mol. The van der Waals surface area contributed by atoms with Gasteiger partial charge in [-0.3, -0.25) is 14.2 Å². The van der Waals surface area contributed by atoms with E-state index in [2.05, 4.69) is 9.98 Å². The van der Waals surface area contributed by atoms with Crippen molar-refractivity contribution in [2.75, 3.05) is 18.0 Å². The second-order valence-corrected chi connectivity index (χ2v) is 8.65. The minimum Gasteiger partial charge on any atom is -0.371 e. The van der Waals surface area contributed by atoms with Crippen LogP contribution in [0.3, 0.4) is 0 Å². The monoisotopic (exact) mass is 419 g/mol. The van der Waals surface area contributed by atoms with E-state index < -0.39 is 47.7 Å². The van der Waals surface area contributed by atoms with Gasteiger partial charge in [-0.05, 0) is 32.3 Å². The lowest BCUT2D eigenvalue weighted by Crippen LogP contribution is -2.42. The van der Waals surface area contributed by atoms with Crippen LogP contribution in [0.4, 0.5) is 18.9 Å². The summed E-state index contributed by atoms with van der Waals surface area (Å²) >= 11 is 0. The fourth-order valence-electron chi connectivity index (χ4n) is 3.43. The van der Waals surface area contributed by atoms with E-state index >= 15 is 0 Å². The van der Waals surface area contributed by atoms with Gasteiger partial charge in [0.2, 0.25) is 0 Å². The molecule has 2 aliphatic heterocycles. The number of nitrogens with zero attached hydrogens (tertiary/aromatic N) is 3. The third-order valence-corrected chi connectivity index (χ3v) is 6.08. The second kappa shape index (κ2) is 7.06. The summed E-state index contributed by atoms with van der Waals surface area (Å²) < 4.78 is 54.0. The van der Waals surface area contributed by atoms with Crippen molar-refractivity contribution in [1.29, 1.82) is 0 Å². The summed E-state index contributed by atoms with van der Waals surface area (Å²) in [6, 6.07) is 1.02. The number of halogens is 3. The summed E-state index contributed by atoms with van der Waals surface area (Å²) in [7, 11) is -5.03. The first kappa shape index (κ1) is 20.6. The van der Waals surface area contributed by atoms with Crippen LogP contribution in [0.15, 0.2) is 16.1 Å². The SMILES string of the molecule is CC(c1c(C(F)(F)F)c(N2CCCCC2)cc2c1=NC(=O)C(=O)N=2)P(=O)(O)O. The molecular formula is C16H17F3N3O5P. The number of alkyl halides is 3. The highest BCUT2D eigenvalue weighted by atomic mass is 31.2. The van der Waals surface area contributed by atoms with Crippen molar-refractivity contribution in [1.82, 2.24) is 0 Å². The molecule has 12 heteroatoms. The maximum atomic E-state index is 14.1. The molecule has 0 spiro atoms. The molecule has 2 amide bonds. The molecule has 2 heterocycles. The van der Waals surface area contributed by atoms with Crippen LogP contribution in [-0.4, -0.2) is 34.7 Å². The van der Waals surface area contributed by atoms with Crippen LogP contribution in [0.25, 0.3) is 0 Å². The predicted molar refractivity (Wildman–Crippen MR) is 90.3 cm³/mol. The van der Waals surface area contributed by atoms with Crippen LogP contribution in [0.5, 0.6) is 0 Å². The Balaban J connectivity index is 2.46. The average Bonchev–Trinajstić information content (AvgIpc) is 2.60. The van der Waals surface area contributed by atoms with Gasteiger partial charge < -0.3 is 14.7 Å². The summed E-state index contributed by atoms with van der Waals surface area (Å²) in [6.07, 6.45) is -2.82. The molecule has 1 atom stereocenters. The number of benzene rings is 1. The lowest BCUT2D eigenvalue weighted by molar-refractivity contribution is -0.138. The molecule has 2 N–H and O–H groups in total. The van der Waals surface area contributed by atoms with Gasteiger partial charge in [0.05, 0.1) is 27.6 Å². The van der Waals surface area contributed by atoms with Crippen molar-refractivity contribution < 1.29 is 37.1 Å². The number of carbonyl (C=O) groups is 2. The van der Waals surface area contributed by atoms with Crippen LogP contribution in [-0.2, 0) is 20.3 Å². The third kappa shape index (κ3) is 3.74. The van der Waals surface area contributed by atoms with Crippen molar-refractivity contribution in [3.63, 3.8) is 0 Å². The minimum absolute atomic E-state index is 0.298. The van der Waals surface area contributed by atoms with Crippen molar-refractivity contribution in [2.45, 2.75) is 38.0 Å². The number of hydrogen-bond donors (Lipinski definition) is 2. The maximum absolute atomic E-state index is 14.1. The molecule has 1 unspecified atom stereocenters. The zero-order valence-electron chi connectivity index (χ0n) is 14.7. The first-order chi connectivity index (χ1) is 12.9. The minimum atomic E-state index is -5.03. The summed E-state index contributed by atoms with van der Waals surface area (Å²) in [5.74, 6) is -2.63. The topological polar surface area (TPSA) is 120 Å². The standard InChI is InChI=1S/C16H17F3N3O5P/c1-8(28(25,26)27)11-12(16(17,18)19)10(22-5-3-2-4-6-22)7-9-13(11)21-15(24)14(23)20-9/h7-8H,2-6H2,1H3,(H2,25,26,27). The third-order valence-electron chi connectivity index (χ3n) is 4.82. The Labute approximate surface area is 156 Å². The lowest BCUT2D eigenvalue weighted by atomic mass is 9.98. The lowest BCUT2D eigenvalue weighted by Gasteiger charge is -2.33. The fourth-order valence-corrected chi connectivity index (χ4v) is 4.02. The first-order valence-corrected chi connectivity index (χ1v) is 10.2. The molecule has 0 aromatic heterocycles. The molecule has 8 nitrogen and oxygen atoms in total. The number of carbonyl (C=O) groups excluding carboxylic acids is 2. The average molecular weight is 419 g/mol. The van der Waals surface area contributed by atoms with Gasteiger partial charge in [-0.25, -0.2) is 9.98 Å². The Kier molecular flexibility index (Phi) is 5.20. The Morgan fingerprint density at radius 1 is 1.11 bits per heavy atom. The van der Waals surface area contributed by atoms with Crippen LogP contribution in [0.1, 0.15) is 43.0 Å². The van der Waals surface area contributed by atoms with Gasteiger partial charge in [0.25, 0.3) is 0 Å². The van der Waals surface area contributed by atoms with E-state index in [4.69, 9.17) is 0 Å². The molecule has 28 heavy (non-hydrogen) atoms. The van der Waals surface area contributed by atoms with E-state index in [-0.39, 0.29) is 11.0 Å². The summed E-state index contributed by atoms with van der Waals surface area (Å²) in [6.45, 7) is 1.56. The van der Waals surface area contributed by atoms with Gasteiger partial charge in [0.1, 0.15) is 0 Å². The molecule has 1 aromatic carbocycles. The summed E-state index contributed by atoms with van der Waals surface area (Å²) in [4.78, 5) is 50.7. The molecule has 2 aliphatic rings. The number of rotatable bonds is 3. The molecule has 1 aromatic rings. The molecule has 152 valence electrons. The molecule has 0 radical (unpaired) electrons. The molecule has 0 bridgehead atoms. The van der Waals surface area contributed by atoms with E-state index in [1.54, 1.807) is 0 Å². The summed E-state index contributed by atoms with van der Waals surface area (Å²) in [5.41, 5.74) is -4.29. The van der Waals surface area contributed by atoms with E-state index in [1.807, 2.05) is 0 Å². The van der Waals surface area contributed by atoms with Crippen molar-refractivity contribution in [2.24, 2.45) is 9.98 Å². The second-order valence-electron chi connectivity index (χ2n) is 6.70. The highest BCUT2D eigenvalue weighted by Gasteiger charge is 2.43. The smallest absolute Gasteiger partial charge is 0.371 e. The molecule has 0 aliphatic carbocycles. The Hall–Kier alpha value is -2.10. The van der Waals surface area contributed by atoms with Gasteiger partial charge in [0.15, 0.2) is 0 Å². The zero-order chi connectivity index (χ0) is 20.9. The summed E-state index contributed by atoms with van der Waals surface area (Å²) in [5, 5.41) is -0.915. The molecule has 0 saturated carbocycles. The van der Waals surface area contributed by atoms with Crippen LogP contribution in [0.2, 0.25) is 0 Å². The number of amides is 2. The van der Waals surface area contributed by atoms with Crippen LogP contribution in [0, 0.1) is 0 Å². The fraction of sp³-hybridized carbons (Fsp3) is 0.500. The highest BCUT2D eigenvalue weighted by molar-refractivity contribution is 7.52. The number of anilines is 1. The van der Waals surface area contributed by atoms with Crippen LogP contribution < -0.4 is 15.6 Å². The van der Waals surface area contributed by atoms with Gasteiger partial charge in [-0.1, -0.05) is 0 Å². The van der Waals surface area contributed by atoms with Crippen molar-refractivity contribution in [3.05, 3.63) is 27.9 Å². The molecule has 1 fully saturated rings. The number of piperidine rings is 1. The maximum Gasteiger partial charge on any atom is 0.418 e. The van der Waals surface area contributed by atoms with Gasteiger partial charge >= 0.3 is 25.6 Å². The quantitative estimate of drug-likeness (QED) is 0.562. The predicted octanol–water partition coefficient (Wildman–Crippen LogP) is 1.24. The highest BCUT2D eigenvalue weighted by Crippen LogP contribution is 2.54. The van der Waals surface area contributed by atoms with E-state index in [0.29, 0.717) is 25.9 Å². The Morgan fingerprint density at radius 3 is 2.21 bits per heavy atom. The van der Waals surface area contributed by atoms with Crippen molar-refractivity contribution in [3.8, 4) is 0 Å². The first-order valence-electron chi connectivity index (χ1n) is 8.51. The van der Waals surface area contributed by atoms with Gasteiger partial charge in [0, 0.05) is 18.7 Å². The van der Waals surface area contributed by atoms with Gasteiger partial charge in [-0.15, -0.1) is 0 Å². The normalized spacial score (nSPS) is 19.0. The van der Waals surface area contributed by atoms with Gasteiger partial charge in [-0.2, -0.15) is 13.2 Å². The van der Waals surface area contributed by atoms with E-state index in [1.165, 1.54) is 4.90 Å². The zero-order valence-corrected chi connectivity index (χ0v) is 15.6. The molecule has 3 rings (SSSR count). The number of fused-ring (bicyclic) bond motifs is 1. The largest absolute Gasteiger partial charge is 0.418 e. The Morgan fingerprint density at radius 2 is 1.68 bits per heavy atom. The molecule has 1 saturated heterocycles. The number of hydrogen-bond acceptors (Lipinski definition) is 4. The Bertz CT molecular complexity index is 1010. The van der Waals surface area contributed by atoms with E-state index in [9.17, 15) is 37.1 Å². The van der Waals surface area contributed by atoms with Crippen LogP contribution >= 0.6 is 7.60 Å². The van der Waals surface area contributed by atoms with E-state index in [0.717, 1.165) is 19.4 Å². The van der Waals surface area contributed by atoms with Crippen molar-refractivity contribution >= 4 is 25.1 Å².